The maximum atomic E-state index is 11.7. The molecule has 2 N–H and O–H groups in total. The average molecular weight is 273 g/mol. The highest BCUT2D eigenvalue weighted by Crippen LogP contribution is 2.20. The van der Waals surface area contributed by atoms with Gasteiger partial charge in [-0.25, -0.2) is 0 Å². The van der Waals surface area contributed by atoms with Crippen LogP contribution in [0.4, 0.5) is 5.69 Å². The van der Waals surface area contributed by atoms with Crippen LogP contribution < -0.4 is 5.43 Å². The predicted molar refractivity (Wildman–Crippen MR) is 70.5 cm³/mol. The van der Waals surface area contributed by atoms with Crippen molar-refractivity contribution in [1.82, 2.24) is 5.01 Å². The van der Waals surface area contributed by atoms with Gasteiger partial charge in [0.05, 0.1) is 18.8 Å². The zero-order valence-corrected chi connectivity index (χ0v) is 11.2. The first-order chi connectivity index (χ1) is 8.58. The molecule has 1 rings (SSSR count). The molecule has 0 bridgehead atoms. The number of carbonyl (C=O) groups excluding carboxylic acids is 1. The highest BCUT2D eigenvalue weighted by atomic mass is 35.5. The number of rotatable bonds is 6. The van der Waals surface area contributed by atoms with Crippen LogP contribution in [0, 0.1) is 6.92 Å². The van der Waals surface area contributed by atoms with Gasteiger partial charge < -0.3 is 9.84 Å². The number of carbonyl (C=O) groups is 1. The molecule has 0 heterocycles. The van der Waals surface area contributed by atoms with E-state index in [0.717, 1.165) is 11.3 Å². The molecule has 0 radical (unpaired) electrons. The molecule has 0 aliphatic carbocycles. The fraction of sp³-hybridized carbons (Fsp3) is 0.417. The van der Waals surface area contributed by atoms with Crippen molar-refractivity contribution in [3.8, 4) is 0 Å². The lowest BCUT2D eigenvalue weighted by Gasteiger charge is -2.24. The molecule has 0 saturated heterocycles. The van der Waals surface area contributed by atoms with Crippen LogP contribution in [0.15, 0.2) is 18.2 Å². The Labute approximate surface area is 111 Å². The summed E-state index contributed by atoms with van der Waals surface area (Å²) in [6.45, 7) is 1.89. The van der Waals surface area contributed by atoms with Gasteiger partial charge in [0.25, 0.3) is 5.91 Å². The van der Waals surface area contributed by atoms with E-state index >= 15 is 0 Å². The number of nitrogens with zero attached hydrogens (tertiary/aromatic N) is 1. The van der Waals surface area contributed by atoms with Gasteiger partial charge in [-0.3, -0.25) is 15.2 Å². The first-order valence-electron chi connectivity index (χ1n) is 5.51. The quantitative estimate of drug-likeness (QED) is 0.770. The Morgan fingerprint density at radius 1 is 1.56 bits per heavy atom. The number of methoxy groups -OCH3 is 1. The average Bonchev–Trinajstić information content (AvgIpc) is 2.33. The van der Waals surface area contributed by atoms with Crippen molar-refractivity contribution in [2.24, 2.45) is 0 Å². The molecule has 0 atom stereocenters. The van der Waals surface area contributed by atoms with Crippen LogP contribution in [0.3, 0.4) is 0 Å². The fourth-order valence-corrected chi connectivity index (χ4v) is 1.58. The van der Waals surface area contributed by atoms with Crippen LogP contribution in [0.5, 0.6) is 0 Å². The monoisotopic (exact) mass is 272 g/mol. The van der Waals surface area contributed by atoms with Gasteiger partial charge in [-0.05, 0) is 24.6 Å². The summed E-state index contributed by atoms with van der Waals surface area (Å²) < 4.78 is 4.78. The number of ether oxygens (including phenoxy) is 1. The molecule has 0 spiro atoms. The standard InChI is InChI=1S/C12H17ClN2O3/c1-9-3-4-10(13)7-11(9)14-15(5-6-16)12(17)8-18-2/h3-4,7,14,16H,5-6,8H2,1-2H3. The second kappa shape index (κ2) is 7.20. The van der Waals surface area contributed by atoms with Crippen molar-refractivity contribution >= 4 is 23.2 Å². The number of hydrogen-bond acceptors (Lipinski definition) is 4. The first kappa shape index (κ1) is 14.8. The first-order valence-corrected chi connectivity index (χ1v) is 5.89. The highest BCUT2D eigenvalue weighted by Gasteiger charge is 2.13. The van der Waals surface area contributed by atoms with E-state index in [1.165, 1.54) is 12.1 Å². The normalized spacial score (nSPS) is 10.2. The van der Waals surface area contributed by atoms with Crippen LogP contribution in [0.25, 0.3) is 0 Å². The van der Waals surface area contributed by atoms with Crippen LogP contribution in [-0.2, 0) is 9.53 Å². The summed E-state index contributed by atoms with van der Waals surface area (Å²) in [7, 11) is 1.44. The lowest BCUT2D eigenvalue weighted by atomic mass is 10.2. The van der Waals surface area contributed by atoms with Crippen molar-refractivity contribution in [3.63, 3.8) is 0 Å². The van der Waals surface area contributed by atoms with Crippen LogP contribution in [0.2, 0.25) is 5.02 Å². The molecule has 5 nitrogen and oxygen atoms in total. The molecule has 0 aliphatic rings. The van der Waals surface area contributed by atoms with Gasteiger partial charge in [-0.2, -0.15) is 0 Å². The van der Waals surface area contributed by atoms with Crippen molar-refractivity contribution in [3.05, 3.63) is 28.8 Å². The SMILES string of the molecule is COCC(=O)N(CCO)Nc1cc(Cl)ccc1C. The van der Waals surface area contributed by atoms with Crippen molar-refractivity contribution in [2.45, 2.75) is 6.92 Å². The number of anilines is 1. The van der Waals surface area contributed by atoms with Gasteiger partial charge in [-0.1, -0.05) is 17.7 Å². The van der Waals surface area contributed by atoms with Crippen LogP contribution in [0.1, 0.15) is 5.56 Å². The number of nitrogens with one attached hydrogen (secondary N) is 1. The number of aliphatic hydroxyl groups is 1. The third-order valence-electron chi connectivity index (χ3n) is 2.35. The predicted octanol–water partition coefficient (Wildman–Crippen LogP) is 1.44. The van der Waals surface area contributed by atoms with E-state index in [4.69, 9.17) is 21.4 Å². The Bertz CT molecular complexity index is 412. The molecule has 0 aromatic heterocycles. The van der Waals surface area contributed by atoms with Crippen molar-refractivity contribution in [2.75, 3.05) is 32.3 Å². The number of aryl methyl sites for hydroxylation is 1. The van der Waals surface area contributed by atoms with Crippen LogP contribution in [-0.4, -0.2) is 42.9 Å². The van der Waals surface area contributed by atoms with E-state index in [1.807, 2.05) is 13.0 Å². The number of halogens is 1. The van der Waals surface area contributed by atoms with E-state index in [-0.39, 0.29) is 25.7 Å². The third-order valence-corrected chi connectivity index (χ3v) is 2.58. The number of hydrazine groups is 1. The summed E-state index contributed by atoms with van der Waals surface area (Å²) in [4.78, 5) is 11.7. The number of benzene rings is 1. The molecule has 6 heteroatoms. The maximum Gasteiger partial charge on any atom is 0.266 e. The van der Waals surface area contributed by atoms with Crippen molar-refractivity contribution < 1.29 is 14.6 Å². The number of aliphatic hydroxyl groups excluding tert-OH is 1. The molecule has 18 heavy (non-hydrogen) atoms. The molecule has 0 saturated carbocycles. The highest BCUT2D eigenvalue weighted by molar-refractivity contribution is 6.30. The van der Waals surface area contributed by atoms with Gasteiger partial charge in [0, 0.05) is 12.1 Å². The molecule has 1 aromatic carbocycles. The fourth-order valence-electron chi connectivity index (χ4n) is 1.40. The van der Waals surface area contributed by atoms with E-state index in [0.29, 0.717) is 5.02 Å². The minimum absolute atomic E-state index is 0.0490. The van der Waals surface area contributed by atoms with E-state index in [1.54, 1.807) is 12.1 Å². The van der Waals surface area contributed by atoms with Gasteiger partial charge in [0.1, 0.15) is 6.61 Å². The molecule has 1 aromatic rings. The van der Waals surface area contributed by atoms with Gasteiger partial charge >= 0.3 is 0 Å². The smallest absolute Gasteiger partial charge is 0.266 e. The van der Waals surface area contributed by atoms with E-state index in [9.17, 15) is 4.79 Å². The minimum Gasteiger partial charge on any atom is -0.394 e. The van der Waals surface area contributed by atoms with Crippen LogP contribution >= 0.6 is 11.6 Å². The zero-order chi connectivity index (χ0) is 13.5. The maximum absolute atomic E-state index is 11.7. The second-order valence-electron chi connectivity index (χ2n) is 3.77. The summed E-state index contributed by atoms with van der Waals surface area (Å²) in [5.41, 5.74) is 4.61. The summed E-state index contributed by atoms with van der Waals surface area (Å²) in [6, 6.07) is 5.35. The molecule has 0 fully saturated rings. The van der Waals surface area contributed by atoms with Gasteiger partial charge in [0.15, 0.2) is 0 Å². The van der Waals surface area contributed by atoms with E-state index < -0.39 is 0 Å². The molecular weight excluding hydrogens is 256 g/mol. The van der Waals surface area contributed by atoms with Gasteiger partial charge in [-0.15, -0.1) is 0 Å². The Balaban J connectivity index is 2.82. The Kier molecular flexibility index (Phi) is 5.91. The molecule has 0 unspecified atom stereocenters. The Morgan fingerprint density at radius 2 is 2.28 bits per heavy atom. The number of hydrogen-bond donors (Lipinski definition) is 2. The zero-order valence-electron chi connectivity index (χ0n) is 10.4. The minimum atomic E-state index is -0.258. The molecule has 0 aliphatic heterocycles. The van der Waals surface area contributed by atoms with Gasteiger partial charge in [0.2, 0.25) is 0 Å². The van der Waals surface area contributed by atoms with Crippen molar-refractivity contribution in [1.29, 1.82) is 0 Å². The Morgan fingerprint density at radius 3 is 2.89 bits per heavy atom. The topological polar surface area (TPSA) is 61.8 Å². The largest absolute Gasteiger partial charge is 0.394 e. The summed E-state index contributed by atoms with van der Waals surface area (Å²) >= 11 is 5.90. The van der Waals surface area contributed by atoms with E-state index in [2.05, 4.69) is 5.43 Å². The third kappa shape index (κ3) is 4.18. The number of amides is 1. The molecular formula is C12H17ClN2O3. The Hall–Kier alpha value is -1.30. The summed E-state index contributed by atoms with van der Waals surface area (Å²) in [5, 5.41) is 10.8. The molecule has 100 valence electrons. The lowest BCUT2D eigenvalue weighted by molar-refractivity contribution is -0.134. The molecule has 1 amide bonds. The lowest BCUT2D eigenvalue weighted by Crippen LogP contribution is -2.40. The summed E-state index contributed by atoms with van der Waals surface area (Å²) in [5.74, 6) is -0.258. The second-order valence-corrected chi connectivity index (χ2v) is 4.21. The summed E-state index contributed by atoms with van der Waals surface area (Å²) in [6.07, 6.45) is 0.